The average Bonchev–Trinajstić information content (AvgIpc) is 2.89. The minimum Gasteiger partial charge on any atom is -0.494 e. The van der Waals surface area contributed by atoms with E-state index in [9.17, 15) is 9.18 Å². The second kappa shape index (κ2) is 5.98. The minimum atomic E-state index is -0.426. The summed E-state index contributed by atoms with van der Waals surface area (Å²) in [7, 11) is 1.41. The molecule has 0 N–H and O–H groups in total. The Morgan fingerprint density at radius 2 is 2.11 bits per heavy atom. The van der Waals surface area contributed by atoms with Crippen LogP contribution in [-0.4, -0.2) is 12.9 Å². The van der Waals surface area contributed by atoms with Crippen molar-refractivity contribution in [2.24, 2.45) is 5.92 Å². The molecule has 0 spiro atoms. The van der Waals surface area contributed by atoms with E-state index in [0.717, 1.165) is 6.42 Å². The van der Waals surface area contributed by atoms with Gasteiger partial charge in [0.05, 0.1) is 7.11 Å². The van der Waals surface area contributed by atoms with E-state index in [1.807, 2.05) is 0 Å². The van der Waals surface area contributed by atoms with E-state index in [-0.39, 0.29) is 11.5 Å². The molecule has 2 rings (SSSR count). The van der Waals surface area contributed by atoms with Gasteiger partial charge in [-0.2, -0.15) is 0 Å². The molecule has 0 radical (unpaired) electrons. The highest BCUT2D eigenvalue weighted by molar-refractivity contribution is 5.96. The summed E-state index contributed by atoms with van der Waals surface area (Å²) < 4.78 is 18.1. The molecule has 1 saturated carbocycles. The van der Waals surface area contributed by atoms with Crippen molar-refractivity contribution in [3.05, 3.63) is 29.6 Å². The predicted octanol–water partition coefficient (Wildman–Crippen LogP) is 3.99. The summed E-state index contributed by atoms with van der Waals surface area (Å²) in [5.41, 5.74) is 0.547. The number of halogens is 1. The van der Waals surface area contributed by atoms with Crippen LogP contribution in [0.4, 0.5) is 4.39 Å². The molecule has 0 saturated heterocycles. The number of carbonyl (C=O) groups excluding carboxylic acids is 1. The summed E-state index contributed by atoms with van der Waals surface area (Å²) in [6.45, 7) is 0. The van der Waals surface area contributed by atoms with Gasteiger partial charge in [-0.25, -0.2) is 4.39 Å². The second-order valence-electron chi connectivity index (χ2n) is 4.96. The number of Topliss-reactive ketones (excluding diaryl/α,β-unsaturated/α-hetero) is 1. The molecule has 0 unspecified atom stereocenters. The first-order chi connectivity index (χ1) is 8.70. The zero-order valence-electron chi connectivity index (χ0n) is 10.7. The quantitative estimate of drug-likeness (QED) is 0.739. The lowest BCUT2D eigenvalue weighted by atomic mass is 9.97. The number of carbonyl (C=O) groups is 1. The molecule has 0 bridgehead atoms. The van der Waals surface area contributed by atoms with Gasteiger partial charge in [-0.05, 0) is 30.5 Å². The first kappa shape index (κ1) is 13.1. The molecule has 0 aliphatic heterocycles. The summed E-state index contributed by atoms with van der Waals surface area (Å²) in [5.74, 6) is 0.503. The molecule has 18 heavy (non-hydrogen) atoms. The SMILES string of the molecule is COc1cc(C(=O)CCC2CCCC2)ccc1F. The summed E-state index contributed by atoms with van der Waals surface area (Å²) >= 11 is 0. The Labute approximate surface area is 107 Å². The number of benzene rings is 1. The van der Waals surface area contributed by atoms with Crippen LogP contribution in [-0.2, 0) is 0 Å². The fourth-order valence-electron chi connectivity index (χ4n) is 2.61. The molecule has 1 aromatic carbocycles. The second-order valence-corrected chi connectivity index (χ2v) is 4.96. The largest absolute Gasteiger partial charge is 0.494 e. The molecule has 0 amide bonds. The van der Waals surface area contributed by atoms with Crippen molar-refractivity contribution in [2.75, 3.05) is 7.11 Å². The monoisotopic (exact) mass is 250 g/mol. The number of ether oxygens (including phenoxy) is 1. The van der Waals surface area contributed by atoms with E-state index < -0.39 is 5.82 Å². The fraction of sp³-hybridized carbons (Fsp3) is 0.533. The highest BCUT2D eigenvalue weighted by Crippen LogP contribution is 2.29. The normalized spacial score (nSPS) is 15.9. The number of rotatable bonds is 5. The molecule has 0 heterocycles. The topological polar surface area (TPSA) is 26.3 Å². The third-order valence-electron chi connectivity index (χ3n) is 3.73. The molecule has 3 heteroatoms. The van der Waals surface area contributed by atoms with E-state index in [0.29, 0.717) is 17.9 Å². The number of hydrogen-bond donors (Lipinski definition) is 0. The lowest BCUT2D eigenvalue weighted by molar-refractivity contribution is 0.0973. The summed E-state index contributed by atoms with van der Waals surface area (Å²) in [4.78, 5) is 12.0. The van der Waals surface area contributed by atoms with Crippen molar-refractivity contribution in [1.82, 2.24) is 0 Å². The van der Waals surface area contributed by atoms with Crippen LogP contribution < -0.4 is 4.74 Å². The van der Waals surface area contributed by atoms with Crippen LogP contribution >= 0.6 is 0 Å². The first-order valence-electron chi connectivity index (χ1n) is 6.57. The minimum absolute atomic E-state index is 0.0835. The van der Waals surface area contributed by atoms with Crippen LogP contribution in [0, 0.1) is 11.7 Å². The van der Waals surface area contributed by atoms with Crippen LogP contribution in [0.15, 0.2) is 18.2 Å². The first-order valence-corrected chi connectivity index (χ1v) is 6.57. The van der Waals surface area contributed by atoms with E-state index >= 15 is 0 Å². The van der Waals surface area contributed by atoms with Gasteiger partial charge in [0.2, 0.25) is 0 Å². The van der Waals surface area contributed by atoms with E-state index in [4.69, 9.17) is 4.74 Å². The van der Waals surface area contributed by atoms with Gasteiger partial charge in [0, 0.05) is 12.0 Å². The number of methoxy groups -OCH3 is 1. The van der Waals surface area contributed by atoms with Crippen molar-refractivity contribution < 1.29 is 13.9 Å². The molecule has 0 atom stereocenters. The van der Waals surface area contributed by atoms with Gasteiger partial charge in [-0.1, -0.05) is 25.7 Å². The van der Waals surface area contributed by atoms with Crippen molar-refractivity contribution in [3.63, 3.8) is 0 Å². The Morgan fingerprint density at radius 1 is 1.39 bits per heavy atom. The predicted molar refractivity (Wildman–Crippen MR) is 68.5 cm³/mol. The van der Waals surface area contributed by atoms with Crippen molar-refractivity contribution in [3.8, 4) is 5.75 Å². The molecule has 1 aliphatic carbocycles. The van der Waals surface area contributed by atoms with Crippen molar-refractivity contribution >= 4 is 5.78 Å². The maximum Gasteiger partial charge on any atom is 0.165 e. The smallest absolute Gasteiger partial charge is 0.165 e. The van der Waals surface area contributed by atoms with Crippen molar-refractivity contribution in [2.45, 2.75) is 38.5 Å². The molecule has 1 aliphatic rings. The van der Waals surface area contributed by atoms with Crippen LogP contribution in [0.3, 0.4) is 0 Å². The van der Waals surface area contributed by atoms with Crippen LogP contribution in [0.5, 0.6) is 5.75 Å². The Morgan fingerprint density at radius 3 is 2.78 bits per heavy atom. The standard InChI is InChI=1S/C15H19FO2/c1-18-15-10-12(7-8-13(15)16)14(17)9-6-11-4-2-3-5-11/h7-8,10-11H,2-6,9H2,1H3. The maximum atomic E-state index is 13.2. The maximum absolute atomic E-state index is 13.2. The zero-order chi connectivity index (χ0) is 13.0. The summed E-state index contributed by atoms with van der Waals surface area (Å²) in [6.07, 6.45) is 6.60. The Balaban J connectivity index is 1.95. The molecule has 98 valence electrons. The third-order valence-corrected chi connectivity index (χ3v) is 3.73. The van der Waals surface area contributed by atoms with Gasteiger partial charge in [0.15, 0.2) is 17.3 Å². The molecule has 1 fully saturated rings. The Hall–Kier alpha value is -1.38. The molecular formula is C15H19FO2. The van der Waals surface area contributed by atoms with Crippen LogP contribution in [0.2, 0.25) is 0 Å². The lowest BCUT2D eigenvalue weighted by Crippen LogP contribution is -2.03. The van der Waals surface area contributed by atoms with Crippen LogP contribution in [0.25, 0.3) is 0 Å². The fourth-order valence-corrected chi connectivity index (χ4v) is 2.61. The highest BCUT2D eigenvalue weighted by atomic mass is 19.1. The average molecular weight is 250 g/mol. The highest BCUT2D eigenvalue weighted by Gasteiger charge is 2.17. The van der Waals surface area contributed by atoms with Crippen molar-refractivity contribution in [1.29, 1.82) is 0 Å². The molecule has 0 aromatic heterocycles. The summed E-state index contributed by atoms with van der Waals surface area (Å²) in [5, 5.41) is 0. The van der Waals surface area contributed by atoms with Gasteiger partial charge < -0.3 is 4.74 Å². The van der Waals surface area contributed by atoms with E-state index in [2.05, 4.69) is 0 Å². The van der Waals surface area contributed by atoms with Gasteiger partial charge >= 0.3 is 0 Å². The van der Waals surface area contributed by atoms with Gasteiger partial charge in [0.25, 0.3) is 0 Å². The van der Waals surface area contributed by atoms with Gasteiger partial charge in [-0.15, -0.1) is 0 Å². The Bertz CT molecular complexity index is 423. The van der Waals surface area contributed by atoms with Gasteiger partial charge in [0.1, 0.15) is 0 Å². The number of hydrogen-bond acceptors (Lipinski definition) is 2. The lowest BCUT2D eigenvalue weighted by Gasteiger charge is -2.08. The molecule has 1 aromatic rings. The molecular weight excluding hydrogens is 231 g/mol. The third kappa shape index (κ3) is 3.09. The number of ketones is 1. The van der Waals surface area contributed by atoms with Crippen LogP contribution in [0.1, 0.15) is 48.9 Å². The van der Waals surface area contributed by atoms with Gasteiger partial charge in [-0.3, -0.25) is 4.79 Å². The zero-order valence-corrected chi connectivity index (χ0v) is 10.7. The summed E-state index contributed by atoms with van der Waals surface area (Å²) in [6, 6.07) is 4.32. The molecule has 2 nitrogen and oxygen atoms in total. The Kier molecular flexibility index (Phi) is 4.34. The van der Waals surface area contributed by atoms with E-state index in [1.54, 1.807) is 0 Å². The van der Waals surface area contributed by atoms with E-state index in [1.165, 1.54) is 51.0 Å².